The fourth-order valence-electron chi connectivity index (χ4n) is 4.82. The molecule has 2 amide bonds. The van der Waals surface area contributed by atoms with Crippen LogP contribution in [0.2, 0.25) is 5.02 Å². The Balaban J connectivity index is 1.60. The van der Waals surface area contributed by atoms with Crippen molar-refractivity contribution in [1.29, 1.82) is 0 Å². The van der Waals surface area contributed by atoms with Gasteiger partial charge < -0.3 is 54.7 Å². The average molecular weight is 717 g/mol. The van der Waals surface area contributed by atoms with Crippen molar-refractivity contribution >= 4 is 29.4 Å². The number of rotatable bonds is 19. The number of nitrogens with zero attached hydrogens (tertiary/aromatic N) is 3. The lowest BCUT2D eigenvalue weighted by molar-refractivity contribution is -0.333. The highest BCUT2D eigenvalue weighted by molar-refractivity contribution is 6.30. The fraction of sp³-hybridized carbons (Fsp3) is 0.667. The molecular weight excluding hydrogens is 672 g/mol. The summed E-state index contributed by atoms with van der Waals surface area (Å²) in [6, 6.07) is 5.26. The van der Waals surface area contributed by atoms with Crippen LogP contribution in [0.15, 0.2) is 24.3 Å². The summed E-state index contributed by atoms with van der Waals surface area (Å²) >= 11 is 5.88. The van der Waals surface area contributed by atoms with E-state index in [1.54, 1.807) is 45.0 Å². The maximum atomic E-state index is 12.5. The Hall–Kier alpha value is -3.33. The number of halogens is 1. The molecule has 1 saturated heterocycles. The van der Waals surface area contributed by atoms with Crippen LogP contribution >= 0.6 is 11.6 Å². The molecule has 0 radical (unpaired) electrons. The zero-order chi connectivity index (χ0) is 36.0. The van der Waals surface area contributed by atoms with Gasteiger partial charge in [-0.05, 0) is 43.7 Å². The predicted octanol–water partition coefficient (Wildman–Crippen LogP) is -1.50. The molecule has 1 aromatic carbocycles. The summed E-state index contributed by atoms with van der Waals surface area (Å²) < 4.78 is 28.3. The van der Waals surface area contributed by atoms with E-state index in [1.807, 2.05) is 0 Å². The number of ether oxygens (including phenoxy) is 5. The van der Waals surface area contributed by atoms with Gasteiger partial charge in [0.2, 0.25) is 23.4 Å². The Morgan fingerprint density at radius 3 is 2.39 bits per heavy atom. The van der Waals surface area contributed by atoms with Crippen molar-refractivity contribution in [3.05, 3.63) is 40.7 Å². The van der Waals surface area contributed by atoms with Crippen molar-refractivity contribution in [1.82, 2.24) is 31.3 Å². The smallest absolute Gasteiger partial charge is 0.308 e. The molecule has 18 nitrogen and oxygen atoms in total. The van der Waals surface area contributed by atoms with E-state index in [2.05, 4.69) is 31.3 Å². The number of tetrazole rings is 1. The molecule has 1 aromatic heterocycles. The van der Waals surface area contributed by atoms with Crippen LogP contribution in [-0.4, -0.2) is 141 Å². The molecule has 0 spiro atoms. The van der Waals surface area contributed by atoms with Crippen molar-refractivity contribution in [3.63, 3.8) is 0 Å². The fourth-order valence-corrected chi connectivity index (χ4v) is 4.95. The van der Waals surface area contributed by atoms with Crippen molar-refractivity contribution in [2.45, 2.75) is 81.9 Å². The van der Waals surface area contributed by atoms with Crippen LogP contribution in [0.25, 0.3) is 0 Å². The average Bonchev–Trinajstić information content (AvgIpc) is 3.60. The summed E-state index contributed by atoms with van der Waals surface area (Å²) in [7, 11) is 0. The first-order valence-corrected chi connectivity index (χ1v) is 16.0. The minimum atomic E-state index is -1.94. The molecule has 3 rings (SSSR count). The number of nitrogens with one attached hydrogen (secondary N) is 3. The Morgan fingerprint density at radius 1 is 1.08 bits per heavy atom. The lowest BCUT2D eigenvalue weighted by atomic mass is 9.88. The normalized spacial score (nSPS) is 22.2. The Bertz CT molecular complexity index is 1320. The van der Waals surface area contributed by atoms with Crippen LogP contribution in [-0.2, 0) is 50.3 Å². The van der Waals surface area contributed by atoms with Gasteiger partial charge >= 0.3 is 5.97 Å². The molecule has 0 aliphatic carbocycles. The molecule has 0 saturated carbocycles. The largest absolute Gasteiger partial charge is 0.460 e. The first-order chi connectivity index (χ1) is 23.2. The number of aromatic amines is 1. The summed E-state index contributed by atoms with van der Waals surface area (Å²) in [6.45, 7) is 4.33. The minimum absolute atomic E-state index is 0.00859. The molecule has 2 heterocycles. The Labute approximate surface area is 287 Å². The van der Waals surface area contributed by atoms with Crippen molar-refractivity contribution in [3.8, 4) is 0 Å². The van der Waals surface area contributed by atoms with Gasteiger partial charge in [-0.2, -0.15) is 5.21 Å². The number of benzene rings is 1. The molecule has 6 atom stereocenters. The molecule has 0 unspecified atom stereocenters. The molecule has 19 heteroatoms. The number of aliphatic hydroxyl groups is 4. The predicted molar refractivity (Wildman–Crippen MR) is 169 cm³/mol. The van der Waals surface area contributed by atoms with Crippen molar-refractivity contribution in [2.24, 2.45) is 0 Å². The number of hydrogen-bond acceptors (Lipinski definition) is 15. The number of hydrogen-bond donors (Lipinski definition) is 7. The number of esters is 1. The first kappa shape index (κ1) is 40.1. The summed E-state index contributed by atoms with van der Waals surface area (Å²) in [4.78, 5) is 36.4. The van der Waals surface area contributed by atoms with E-state index in [-0.39, 0.29) is 64.1 Å². The second kappa shape index (κ2) is 19.2. The molecule has 1 fully saturated rings. The Kier molecular flexibility index (Phi) is 15.7. The van der Waals surface area contributed by atoms with Crippen LogP contribution in [0.4, 0.5) is 0 Å². The monoisotopic (exact) mass is 716 g/mol. The topological polar surface area (TPSA) is 257 Å². The van der Waals surface area contributed by atoms with Gasteiger partial charge in [-0.1, -0.05) is 23.7 Å². The third kappa shape index (κ3) is 13.1. The quantitative estimate of drug-likeness (QED) is 0.0645. The van der Waals surface area contributed by atoms with Crippen LogP contribution in [0, 0.1) is 0 Å². The highest BCUT2D eigenvalue weighted by atomic mass is 35.5. The molecule has 7 N–H and O–H groups in total. The second-order valence-corrected chi connectivity index (χ2v) is 12.6. The zero-order valence-corrected chi connectivity index (χ0v) is 28.3. The summed E-state index contributed by atoms with van der Waals surface area (Å²) in [5.74, 6) is -3.82. The third-order valence-corrected chi connectivity index (χ3v) is 7.30. The van der Waals surface area contributed by atoms with Crippen LogP contribution in [0.3, 0.4) is 0 Å². The number of H-pyrrole nitrogens is 1. The van der Waals surface area contributed by atoms with Gasteiger partial charge in [-0.25, -0.2) is 0 Å². The van der Waals surface area contributed by atoms with Gasteiger partial charge in [-0.15, -0.1) is 10.2 Å². The number of carbonyl (C=O) groups is 3. The summed E-state index contributed by atoms with van der Waals surface area (Å²) in [5.41, 5.74) is 0.0825. The second-order valence-electron chi connectivity index (χ2n) is 12.2. The maximum absolute atomic E-state index is 12.5. The molecule has 1 aliphatic heterocycles. The van der Waals surface area contributed by atoms with E-state index >= 15 is 0 Å². The molecule has 1 aliphatic rings. The van der Waals surface area contributed by atoms with E-state index < -0.39 is 66.8 Å². The molecule has 2 aromatic rings. The Morgan fingerprint density at radius 2 is 1.76 bits per heavy atom. The SMILES string of the molecule is CC(C)(C)OC(=O)CCOCCOCCO[C@]1(c2nn[nH]n2)C[C@H](O)[C@@H](NC(=O)CO)[C@H]([C@H](O)[C@H](O)CNC(=O)Cc2ccc(Cl)cc2)O1. The van der Waals surface area contributed by atoms with E-state index in [4.69, 9.17) is 35.3 Å². The minimum Gasteiger partial charge on any atom is -0.460 e. The number of carbonyl (C=O) groups excluding carboxylic acids is 3. The van der Waals surface area contributed by atoms with Gasteiger partial charge in [0, 0.05) is 18.0 Å². The number of aromatic nitrogens is 4. The van der Waals surface area contributed by atoms with Crippen molar-refractivity contribution in [2.75, 3.05) is 46.2 Å². The van der Waals surface area contributed by atoms with Crippen LogP contribution in [0.5, 0.6) is 0 Å². The van der Waals surface area contributed by atoms with E-state index in [9.17, 15) is 34.8 Å². The maximum Gasteiger partial charge on any atom is 0.308 e. The molecular formula is C30H45ClN6O12. The van der Waals surface area contributed by atoms with E-state index in [0.717, 1.165) is 0 Å². The summed E-state index contributed by atoms with van der Waals surface area (Å²) in [5, 5.41) is 61.7. The summed E-state index contributed by atoms with van der Waals surface area (Å²) in [6.07, 6.45) is -6.83. The van der Waals surface area contributed by atoms with Gasteiger partial charge in [0.05, 0.1) is 64.1 Å². The van der Waals surface area contributed by atoms with Gasteiger partial charge in [0.25, 0.3) is 0 Å². The molecule has 0 bridgehead atoms. The van der Waals surface area contributed by atoms with E-state index in [0.29, 0.717) is 10.6 Å². The number of amides is 2. The highest BCUT2D eigenvalue weighted by Gasteiger charge is 2.54. The lowest BCUT2D eigenvalue weighted by Gasteiger charge is -2.47. The van der Waals surface area contributed by atoms with Gasteiger partial charge in [-0.3, -0.25) is 14.4 Å². The zero-order valence-electron chi connectivity index (χ0n) is 27.5. The van der Waals surface area contributed by atoms with Gasteiger partial charge in [0.15, 0.2) is 0 Å². The highest BCUT2D eigenvalue weighted by Crippen LogP contribution is 2.39. The molecule has 49 heavy (non-hydrogen) atoms. The first-order valence-electron chi connectivity index (χ1n) is 15.6. The van der Waals surface area contributed by atoms with Crippen molar-refractivity contribution < 1.29 is 58.5 Å². The standard InChI is InChI=1S/C30H45ClN6O12/c1-29(2,3)48-24(43)8-9-45-10-11-46-12-13-47-30(28-34-36-37-35-28)15-20(39)25(33-23(42)17-38)27(49-30)26(44)21(40)16-32-22(41)14-18-4-6-19(31)7-5-18/h4-7,20-21,25-27,38-40,44H,8-17H2,1-3H3,(H,32,41)(H,33,42)(H,34,35,36,37)/t20-,21+,25+,26+,27+,30+/m0/s1. The van der Waals surface area contributed by atoms with Crippen LogP contribution < -0.4 is 10.6 Å². The van der Waals surface area contributed by atoms with Crippen LogP contribution in [0.1, 0.15) is 45.0 Å². The lowest BCUT2D eigenvalue weighted by Crippen LogP contribution is -2.66. The third-order valence-electron chi connectivity index (χ3n) is 7.05. The number of aliphatic hydroxyl groups excluding tert-OH is 4. The van der Waals surface area contributed by atoms with Gasteiger partial charge in [0.1, 0.15) is 24.4 Å². The van der Waals surface area contributed by atoms with E-state index in [1.165, 1.54) is 0 Å². The molecule has 274 valence electrons.